The van der Waals surface area contributed by atoms with E-state index in [1.807, 2.05) is 26.0 Å². The van der Waals surface area contributed by atoms with Crippen LogP contribution in [-0.2, 0) is 11.2 Å². The molecule has 0 spiro atoms. The average molecular weight is 345 g/mol. The Morgan fingerprint density at radius 3 is 2.33 bits per heavy atom. The monoisotopic (exact) mass is 344 g/mol. The Labute approximate surface area is 147 Å². The van der Waals surface area contributed by atoms with Crippen LogP contribution in [0.5, 0.6) is 0 Å². The van der Waals surface area contributed by atoms with Gasteiger partial charge in [-0.15, -0.1) is 0 Å². The molecule has 0 bridgehead atoms. The van der Waals surface area contributed by atoms with Crippen LogP contribution in [-0.4, -0.2) is 29.8 Å². The van der Waals surface area contributed by atoms with Gasteiger partial charge in [0.05, 0.1) is 6.42 Å². The molecule has 0 fully saturated rings. The summed E-state index contributed by atoms with van der Waals surface area (Å²) in [4.78, 5) is 26.3. The van der Waals surface area contributed by atoms with E-state index in [0.29, 0.717) is 29.4 Å². The minimum absolute atomic E-state index is 0.0335. The molecule has 24 heavy (non-hydrogen) atoms. The standard InChI is InChI=1S/C19H21ClN2O2/c1-3-22(4-2)19(24)15-6-5-7-17(13-15)21-18(23)12-14-8-10-16(20)11-9-14/h5-11,13H,3-4,12H2,1-2H3,(H,21,23). The average Bonchev–Trinajstić information content (AvgIpc) is 2.58. The largest absolute Gasteiger partial charge is 0.339 e. The number of anilines is 1. The Bertz CT molecular complexity index is 710. The quantitative estimate of drug-likeness (QED) is 0.861. The van der Waals surface area contributed by atoms with Crippen LogP contribution in [0.3, 0.4) is 0 Å². The molecule has 2 aromatic rings. The third-order valence-electron chi connectivity index (χ3n) is 3.72. The SMILES string of the molecule is CCN(CC)C(=O)c1cccc(NC(=O)Cc2ccc(Cl)cc2)c1. The first-order valence-corrected chi connectivity index (χ1v) is 8.35. The highest BCUT2D eigenvalue weighted by molar-refractivity contribution is 6.30. The summed E-state index contributed by atoms with van der Waals surface area (Å²) in [5, 5.41) is 3.47. The van der Waals surface area contributed by atoms with Crippen molar-refractivity contribution in [3.8, 4) is 0 Å². The number of carbonyl (C=O) groups is 2. The maximum absolute atomic E-state index is 12.4. The van der Waals surface area contributed by atoms with Gasteiger partial charge in [-0.3, -0.25) is 9.59 Å². The van der Waals surface area contributed by atoms with Crippen LogP contribution < -0.4 is 5.32 Å². The van der Waals surface area contributed by atoms with E-state index < -0.39 is 0 Å². The van der Waals surface area contributed by atoms with Crippen LogP contribution in [0, 0.1) is 0 Å². The van der Waals surface area contributed by atoms with Crippen molar-refractivity contribution in [3.63, 3.8) is 0 Å². The first-order valence-electron chi connectivity index (χ1n) is 7.97. The number of nitrogens with zero attached hydrogens (tertiary/aromatic N) is 1. The van der Waals surface area contributed by atoms with Gasteiger partial charge in [0.15, 0.2) is 0 Å². The number of carbonyl (C=O) groups excluding carboxylic acids is 2. The summed E-state index contributed by atoms with van der Waals surface area (Å²) in [7, 11) is 0. The normalized spacial score (nSPS) is 10.3. The molecule has 5 heteroatoms. The molecule has 1 N–H and O–H groups in total. The van der Waals surface area contributed by atoms with Crippen LogP contribution in [0.1, 0.15) is 29.8 Å². The minimum atomic E-state index is -0.134. The van der Waals surface area contributed by atoms with Gasteiger partial charge in [-0.25, -0.2) is 0 Å². The van der Waals surface area contributed by atoms with Crippen LogP contribution >= 0.6 is 11.6 Å². The molecule has 2 amide bonds. The highest BCUT2D eigenvalue weighted by atomic mass is 35.5. The third kappa shape index (κ3) is 4.83. The molecule has 0 saturated heterocycles. The van der Waals surface area contributed by atoms with E-state index in [4.69, 9.17) is 11.6 Å². The Morgan fingerprint density at radius 1 is 1.04 bits per heavy atom. The van der Waals surface area contributed by atoms with Gasteiger partial charge in [0.2, 0.25) is 5.91 Å². The molecule has 2 aromatic carbocycles. The Morgan fingerprint density at radius 2 is 1.71 bits per heavy atom. The van der Waals surface area contributed by atoms with Gasteiger partial charge in [0.25, 0.3) is 5.91 Å². The molecule has 2 rings (SSSR count). The molecule has 126 valence electrons. The smallest absolute Gasteiger partial charge is 0.253 e. The Kier molecular flexibility index (Phi) is 6.38. The van der Waals surface area contributed by atoms with E-state index in [1.165, 1.54) is 0 Å². The maximum atomic E-state index is 12.4. The van der Waals surface area contributed by atoms with Crippen LogP contribution in [0.15, 0.2) is 48.5 Å². The van der Waals surface area contributed by atoms with Crippen molar-refractivity contribution in [2.45, 2.75) is 20.3 Å². The second-order valence-electron chi connectivity index (χ2n) is 5.41. The second kappa shape index (κ2) is 8.50. The van der Waals surface area contributed by atoms with E-state index in [9.17, 15) is 9.59 Å². The second-order valence-corrected chi connectivity index (χ2v) is 5.85. The lowest BCUT2D eigenvalue weighted by Gasteiger charge is -2.19. The molecule has 0 unspecified atom stereocenters. The molecule has 0 aliphatic heterocycles. The van der Waals surface area contributed by atoms with Crippen LogP contribution in [0.4, 0.5) is 5.69 Å². The predicted octanol–water partition coefficient (Wildman–Crippen LogP) is 4.00. The van der Waals surface area contributed by atoms with Crippen LogP contribution in [0.2, 0.25) is 5.02 Å². The summed E-state index contributed by atoms with van der Waals surface area (Å²) < 4.78 is 0. The fraction of sp³-hybridized carbons (Fsp3) is 0.263. The lowest BCUT2D eigenvalue weighted by Crippen LogP contribution is -2.30. The van der Waals surface area contributed by atoms with Crippen molar-refractivity contribution < 1.29 is 9.59 Å². The fourth-order valence-corrected chi connectivity index (χ4v) is 2.54. The van der Waals surface area contributed by atoms with Gasteiger partial charge >= 0.3 is 0 Å². The van der Waals surface area contributed by atoms with Crippen molar-refractivity contribution >= 4 is 29.1 Å². The number of amides is 2. The summed E-state index contributed by atoms with van der Waals surface area (Å²) in [5.41, 5.74) is 2.07. The molecule has 0 aliphatic carbocycles. The summed E-state index contributed by atoms with van der Waals surface area (Å²) in [6, 6.07) is 14.2. The predicted molar refractivity (Wildman–Crippen MR) is 97.5 cm³/mol. The van der Waals surface area contributed by atoms with Crippen molar-refractivity contribution in [3.05, 3.63) is 64.7 Å². The van der Waals surface area contributed by atoms with Crippen molar-refractivity contribution in [1.82, 2.24) is 4.90 Å². The minimum Gasteiger partial charge on any atom is -0.339 e. The van der Waals surface area contributed by atoms with Crippen molar-refractivity contribution in [2.75, 3.05) is 18.4 Å². The zero-order chi connectivity index (χ0) is 17.5. The molecule has 0 atom stereocenters. The number of benzene rings is 2. The number of nitrogens with one attached hydrogen (secondary N) is 1. The molecule has 0 aliphatic rings. The molecule has 0 aromatic heterocycles. The highest BCUT2D eigenvalue weighted by Gasteiger charge is 2.13. The number of halogens is 1. The molecular formula is C19H21ClN2O2. The molecule has 4 nitrogen and oxygen atoms in total. The summed E-state index contributed by atoms with van der Waals surface area (Å²) in [6.07, 6.45) is 0.255. The topological polar surface area (TPSA) is 49.4 Å². The third-order valence-corrected chi connectivity index (χ3v) is 3.97. The molecular weight excluding hydrogens is 324 g/mol. The molecule has 0 saturated carbocycles. The summed E-state index contributed by atoms with van der Waals surface area (Å²) in [5.74, 6) is -0.168. The van der Waals surface area contributed by atoms with Crippen molar-refractivity contribution in [2.24, 2.45) is 0 Å². The summed E-state index contributed by atoms with van der Waals surface area (Å²) in [6.45, 7) is 5.20. The van der Waals surface area contributed by atoms with Gasteiger partial charge in [-0.05, 0) is 49.7 Å². The van der Waals surface area contributed by atoms with Gasteiger partial charge in [0.1, 0.15) is 0 Å². The van der Waals surface area contributed by atoms with Gasteiger partial charge < -0.3 is 10.2 Å². The van der Waals surface area contributed by atoms with Gasteiger partial charge in [-0.1, -0.05) is 29.8 Å². The highest BCUT2D eigenvalue weighted by Crippen LogP contribution is 2.14. The lowest BCUT2D eigenvalue weighted by molar-refractivity contribution is -0.115. The van der Waals surface area contributed by atoms with E-state index in [0.717, 1.165) is 5.56 Å². The van der Waals surface area contributed by atoms with E-state index in [1.54, 1.807) is 41.3 Å². The maximum Gasteiger partial charge on any atom is 0.253 e. The number of rotatable bonds is 6. The first-order chi connectivity index (χ1) is 11.5. The first kappa shape index (κ1) is 18.0. The van der Waals surface area contributed by atoms with Crippen molar-refractivity contribution in [1.29, 1.82) is 0 Å². The van der Waals surface area contributed by atoms with Gasteiger partial charge in [0, 0.05) is 29.4 Å². The van der Waals surface area contributed by atoms with E-state index >= 15 is 0 Å². The van der Waals surface area contributed by atoms with E-state index in [-0.39, 0.29) is 18.2 Å². The fourth-order valence-electron chi connectivity index (χ4n) is 2.42. The van der Waals surface area contributed by atoms with Gasteiger partial charge in [-0.2, -0.15) is 0 Å². The number of hydrogen-bond acceptors (Lipinski definition) is 2. The van der Waals surface area contributed by atoms with E-state index in [2.05, 4.69) is 5.32 Å². The zero-order valence-corrected chi connectivity index (χ0v) is 14.6. The summed E-state index contributed by atoms with van der Waals surface area (Å²) >= 11 is 5.84. The Balaban J connectivity index is 2.04. The molecule has 0 radical (unpaired) electrons. The van der Waals surface area contributed by atoms with Crippen LogP contribution in [0.25, 0.3) is 0 Å². The zero-order valence-electron chi connectivity index (χ0n) is 13.9. The molecule has 0 heterocycles. The Hall–Kier alpha value is -2.33. The lowest BCUT2D eigenvalue weighted by atomic mass is 10.1. The number of hydrogen-bond donors (Lipinski definition) is 1.